The van der Waals surface area contributed by atoms with Gasteiger partial charge in [0.2, 0.25) is 0 Å². The Bertz CT molecular complexity index is 768. The molecule has 0 aliphatic carbocycles. The van der Waals surface area contributed by atoms with E-state index in [1.165, 1.54) is 34.7 Å². The Labute approximate surface area is 161 Å². The zero-order chi connectivity index (χ0) is 19.4. The van der Waals surface area contributed by atoms with Crippen molar-refractivity contribution < 1.29 is 22.8 Å². The Kier molecular flexibility index (Phi) is 5.86. The van der Waals surface area contributed by atoms with Gasteiger partial charge in [0, 0.05) is 5.69 Å². The van der Waals surface area contributed by atoms with Gasteiger partial charge in [0.15, 0.2) is 5.11 Å². The molecule has 1 saturated heterocycles. The summed E-state index contributed by atoms with van der Waals surface area (Å²) in [7, 11) is 2.16. The number of rotatable bonds is 3. The van der Waals surface area contributed by atoms with Crippen LogP contribution in [0, 0.1) is 0 Å². The number of benzene rings is 2. The van der Waals surface area contributed by atoms with Crippen LogP contribution in [-0.4, -0.2) is 43.1 Å². The quantitative estimate of drug-likeness (QED) is 0.781. The van der Waals surface area contributed by atoms with Gasteiger partial charge in [-0.05, 0) is 42.0 Å². The number of anilines is 1. The first-order valence-electron chi connectivity index (χ1n) is 8.61. The summed E-state index contributed by atoms with van der Waals surface area (Å²) in [6, 6.07) is 15.9. The minimum Gasteiger partial charge on any atom is -0.406 e. The maximum absolute atomic E-state index is 12.3. The maximum Gasteiger partial charge on any atom is 0.573 e. The molecular formula is C19H21F3N3OS+. The molecule has 0 bridgehead atoms. The van der Waals surface area contributed by atoms with Crippen molar-refractivity contribution in [3.05, 3.63) is 60.2 Å². The first-order chi connectivity index (χ1) is 12.8. The SMILES string of the molecule is C[NH+]1CCN(C(=S)Nc2ccc(OC(F)(F)F)cc2)[C@@H](c2ccccc2)C1. The minimum absolute atomic E-state index is 0.146. The summed E-state index contributed by atoms with van der Waals surface area (Å²) < 4.78 is 40.7. The van der Waals surface area contributed by atoms with E-state index >= 15 is 0 Å². The Morgan fingerprint density at radius 3 is 2.44 bits per heavy atom. The number of nitrogens with one attached hydrogen (secondary N) is 2. The second-order valence-corrected chi connectivity index (χ2v) is 6.92. The second kappa shape index (κ2) is 8.14. The zero-order valence-corrected chi connectivity index (χ0v) is 15.6. The van der Waals surface area contributed by atoms with Crippen LogP contribution in [0.2, 0.25) is 0 Å². The van der Waals surface area contributed by atoms with Crippen molar-refractivity contribution in [3.63, 3.8) is 0 Å². The van der Waals surface area contributed by atoms with Gasteiger partial charge >= 0.3 is 6.36 Å². The number of quaternary nitrogens is 1. The number of ether oxygens (including phenoxy) is 1. The van der Waals surface area contributed by atoms with Crippen LogP contribution in [0.5, 0.6) is 5.75 Å². The number of nitrogens with zero attached hydrogens (tertiary/aromatic N) is 1. The molecule has 2 atom stereocenters. The van der Waals surface area contributed by atoms with Crippen molar-refractivity contribution in [2.75, 3.05) is 32.0 Å². The summed E-state index contributed by atoms with van der Waals surface area (Å²) in [4.78, 5) is 3.56. The molecule has 0 aromatic heterocycles. The van der Waals surface area contributed by atoms with Gasteiger partial charge in [-0.15, -0.1) is 13.2 Å². The lowest BCUT2D eigenvalue weighted by Crippen LogP contribution is -3.12. The Hall–Kier alpha value is -2.32. The van der Waals surface area contributed by atoms with E-state index in [0.29, 0.717) is 10.8 Å². The number of likely N-dealkylation sites (N-methyl/N-ethyl adjacent to an activating group) is 1. The van der Waals surface area contributed by atoms with Gasteiger partial charge in [-0.2, -0.15) is 0 Å². The lowest BCUT2D eigenvalue weighted by Gasteiger charge is -2.39. The monoisotopic (exact) mass is 396 g/mol. The number of thiocarbonyl (C=S) groups is 1. The molecule has 3 rings (SSSR count). The summed E-state index contributed by atoms with van der Waals surface area (Å²) in [5.74, 6) is -0.260. The fraction of sp³-hybridized carbons (Fsp3) is 0.316. The van der Waals surface area contributed by atoms with Crippen molar-refractivity contribution in [2.45, 2.75) is 12.4 Å². The summed E-state index contributed by atoms with van der Waals surface area (Å²) in [5, 5.41) is 3.68. The van der Waals surface area contributed by atoms with E-state index in [2.05, 4.69) is 34.1 Å². The largest absolute Gasteiger partial charge is 0.573 e. The molecule has 144 valence electrons. The molecule has 2 aromatic rings. The molecule has 0 radical (unpaired) electrons. The number of piperazine rings is 1. The lowest BCUT2D eigenvalue weighted by molar-refractivity contribution is -0.887. The predicted molar refractivity (Wildman–Crippen MR) is 102 cm³/mol. The van der Waals surface area contributed by atoms with Gasteiger partial charge in [-0.3, -0.25) is 0 Å². The molecule has 1 aliphatic heterocycles. The molecular weight excluding hydrogens is 375 g/mol. The highest BCUT2D eigenvalue weighted by atomic mass is 32.1. The van der Waals surface area contributed by atoms with Gasteiger partial charge in [-0.25, -0.2) is 0 Å². The molecule has 2 N–H and O–H groups in total. The van der Waals surface area contributed by atoms with Crippen molar-refractivity contribution in [1.82, 2.24) is 4.90 Å². The van der Waals surface area contributed by atoms with Crippen LogP contribution in [0.15, 0.2) is 54.6 Å². The maximum atomic E-state index is 12.3. The summed E-state index contributed by atoms with van der Waals surface area (Å²) in [6.07, 6.45) is -4.70. The van der Waals surface area contributed by atoms with Crippen LogP contribution in [0.25, 0.3) is 0 Å². The molecule has 0 spiro atoms. The second-order valence-electron chi connectivity index (χ2n) is 6.53. The van der Waals surface area contributed by atoms with E-state index in [-0.39, 0.29) is 11.8 Å². The van der Waals surface area contributed by atoms with Crippen LogP contribution in [0.1, 0.15) is 11.6 Å². The molecule has 4 nitrogen and oxygen atoms in total. The molecule has 27 heavy (non-hydrogen) atoms. The van der Waals surface area contributed by atoms with Crippen molar-refractivity contribution in [3.8, 4) is 5.75 Å². The van der Waals surface area contributed by atoms with Crippen LogP contribution < -0.4 is 15.0 Å². The lowest BCUT2D eigenvalue weighted by atomic mass is 10.0. The average Bonchev–Trinajstić information content (AvgIpc) is 2.63. The highest BCUT2D eigenvalue weighted by Crippen LogP contribution is 2.25. The smallest absolute Gasteiger partial charge is 0.406 e. The Morgan fingerprint density at radius 1 is 1.15 bits per heavy atom. The van der Waals surface area contributed by atoms with Gasteiger partial charge in [-0.1, -0.05) is 30.3 Å². The van der Waals surface area contributed by atoms with Crippen LogP contribution >= 0.6 is 12.2 Å². The highest BCUT2D eigenvalue weighted by molar-refractivity contribution is 7.80. The summed E-state index contributed by atoms with van der Waals surface area (Å²) >= 11 is 5.59. The minimum atomic E-state index is -4.70. The van der Waals surface area contributed by atoms with E-state index in [1.54, 1.807) is 0 Å². The molecule has 1 unspecified atom stereocenters. The van der Waals surface area contributed by atoms with Crippen LogP contribution in [-0.2, 0) is 0 Å². The van der Waals surface area contributed by atoms with E-state index in [4.69, 9.17) is 12.2 Å². The molecule has 0 amide bonds. The predicted octanol–water partition coefficient (Wildman–Crippen LogP) is 2.85. The summed E-state index contributed by atoms with van der Waals surface area (Å²) in [6.45, 7) is 2.68. The van der Waals surface area contributed by atoms with Gasteiger partial charge < -0.3 is 19.9 Å². The standard InChI is InChI=1S/C19H20F3N3OS/c1-24-11-12-25(17(13-24)14-5-3-2-4-6-14)18(27)23-15-7-9-16(10-8-15)26-19(20,21)22/h2-10,17H,11-13H2,1H3,(H,23,27)/p+1/t17-/m1/s1. The Morgan fingerprint density at radius 2 is 1.81 bits per heavy atom. The number of hydrogen-bond donors (Lipinski definition) is 2. The third-order valence-corrected chi connectivity index (χ3v) is 4.82. The first-order valence-corrected chi connectivity index (χ1v) is 9.02. The zero-order valence-electron chi connectivity index (χ0n) is 14.8. The topological polar surface area (TPSA) is 28.9 Å². The van der Waals surface area contributed by atoms with E-state index < -0.39 is 6.36 Å². The van der Waals surface area contributed by atoms with Crippen LogP contribution in [0.3, 0.4) is 0 Å². The molecule has 1 fully saturated rings. The van der Waals surface area contributed by atoms with E-state index in [9.17, 15) is 13.2 Å². The van der Waals surface area contributed by atoms with Gasteiger partial charge in [0.05, 0.1) is 20.1 Å². The highest BCUT2D eigenvalue weighted by Gasteiger charge is 2.32. The number of hydrogen-bond acceptors (Lipinski definition) is 2. The molecule has 8 heteroatoms. The van der Waals surface area contributed by atoms with Gasteiger partial charge in [0.1, 0.15) is 18.3 Å². The third-order valence-electron chi connectivity index (χ3n) is 4.48. The number of alkyl halides is 3. The van der Waals surface area contributed by atoms with Crippen LogP contribution in [0.4, 0.5) is 18.9 Å². The van der Waals surface area contributed by atoms with Crippen molar-refractivity contribution in [1.29, 1.82) is 0 Å². The van der Waals surface area contributed by atoms with Crippen molar-refractivity contribution in [2.24, 2.45) is 0 Å². The molecule has 1 heterocycles. The number of halogens is 3. The Balaban J connectivity index is 1.70. The molecule has 2 aromatic carbocycles. The normalized spacial score (nSPS) is 20.2. The fourth-order valence-electron chi connectivity index (χ4n) is 3.16. The molecule has 0 saturated carbocycles. The van der Waals surface area contributed by atoms with E-state index in [0.717, 1.165) is 19.6 Å². The fourth-order valence-corrected chi connectivity index (χ4v) is 3.50. The average molecular weight is 396 g/mol. The van der Waals surface area contributed by atoms with Gasteiger partial charge in [0.25, 0.3) is 0 Å². The van der Waals surface area contributed by atoms with E-state index in [1.807, 2.05) is 18.2 Å². The molecule has 1 aliphatic rings. The van der Waals surface area contributed by atoms with Crippen molar-refractivity contribution >= 4 is 23.0 Å². The summed E-state index contributed by atoms with van der Waals surface area (Å²) in [5.41, 5.74) is 1.81. The third kappa shape index (κ3) is 5.33. The first kappa shape index (κ1) is 19.4.